The maximum Gasteiger partial charge on any atom is 0.228 e. The first-order valence-electron chi connectivity index (χ1n) is 7.35. The Hall–Kier alpha value is -2.31. The number of hydrogen-bond acceptors (Lipinski definition) is 3. The van der Waals surface area contributed by atoms with E-state index in [2.05, 4.69) is 15.2 Å². The van der Waals surface area contributed by atoms with Crippen LogP contribution in [0.15, 0.2) is 30.6 Å². The summed E-state index contributed by atoms with van der Waals surface area (Å²) in [5, 5.41) is 18.1. The van der Waals surface area contributed by atoms with Crippen molar-refractivity contribution in [3.05, 3.63) is 52.4 Å². The van der Waals surface area contributed by atoms with Crippen LogP contribution in [0.1, 0.15) is 22.9 Å². The molecule has 118 valence electrons. The number of aliphatic hydroxyl groups excluding tert-OH is 1. The number of rotatable bonds is 3. The number of amides is 1. The zero-order chi connectivity index (χ0) is 16.0. The van der Waals surface area contributed by atoms with Crippen LogP contribution >= 0.6 is 11.6 Å². The van der Waals surface area contributed by atoms with Crippen LogP contribution in [0.5, 0.6) is 0 Å². The van der Waals surface area contributed by atoms with Crippen molar-refractivity contribution in [2.75, 3.05) is 6.61 Å². The summed E-state index contributed by atoms with van der Waals surface area (Å²) >= 11 is 5.98. The fraction of sp³-hybridized carbons (Fsp3) is 0.250. The molecular weight excluding hydrogens is 316 g/mol. The third-order valence-electron chi connectivity index (χ3n) is 4.38. The van der Waals surface area contributed by atoms with E-state index in [1.54, 1.807) is 11.1 Å². The number of nitrogens with one attached hydrogen (secondary N) is 2. The smallest absolute Gasteiger partial charge is 0.228 e. The Morgan fingerprint density at radius 3 is 3.17 bits per heavy atom. The largest absolute Gasteiger partial charge is 0.394 e. The third-order valence-corrected chi connectivity index (χ3v) is 4.61. The molecule has 6 nitrogen and oxygen atoms in total. The molecule has 1 unspecified atom stereocenters. The van der Waals surface area contributed by atoms with Gasteiger partial charge in [-0.15, -0.1) is 0 Å². The van der Waals surface area contributed by atoms with Gasteiger partial charge in [-0.05, 0) is 17.7 Å². The van der Waals surface area contributed by atoms with Gasteiger partial charge in [0, 0.05) is 27.7 Å². The average molecular weight is 331 g/mol. The van der Waals surface area contributed by atoms with Gasteiger partial charge in [0.1, 0.15) is 0 Å². The standard InChI is InChI=1S/C16H15ClN4O2/c17-10-1-2-11-9(5-18-13(11)4-10)3-16(23)21-7-14-12(6-19-20-14)15(21)8-22/h1-2,4-6,15,18,22H,3,7-8H2,(H,19,20). The summed E-state index contributed by atoms with van der Waals surface area (Å²) in [6.07, 6.45) is 3.79. The Morgan fingerprint density at radius 1 is 1.48 bits per heavy atom. The van der Waals surface area contributed by atoms with Gasteiger partial charge in [-0.3, -0.25) is 9.89 Å². The topological polar surface area (TPSA) is 85.0 Å². The van der Waals surface area contributed by atoms with E-state index in [0.29, 0.717) is 11.6 Å². The van der Waals surface area contributed by atoms with Crippen molar-refractivity contribution in [3.8, 4) is 0 Å². The number of aliphatic hydroxyl groups is 1. The number of H-pyrrole nitrogens is 2. The number of benzene rings is 1. The van der Waals surface area contributed by atoms with Crippen molar-refractivity contribution in [1.29, 1.82) is 0 Å². The van der Waals surface area contributed by atoms with Crippen LogP contribution in [0, 0.1) is 0 Å². The van der Waals surface area contributed by atoms with E-state index in [9.17, 15) is 9.90 Å². The lowest BCUT2D eigenvalue weighted by Crippen LogP contribution is -2.32. The number of carbonyl (C=O) groups excluding carboxylic acids is 1. The number of aromatic amines is 2. The summed E-state index contributed by atoms with van der Waals surface area (Å²) in [6, 6.07) is 5.25. The second-order valence-corrected chi connectivity index (χ2v) is 6.14. The van der Waals surface area contributed by atoms with E-state index in [-0.39, 0.29) is 25.0 Å². The van der Waals surface area contributed by atoms with Gasteiger partial charge < -0.3 is 15.0 Å². The first kappa shape index (κ1) is 14.3. The van der Waals surface area contributed by atoms with E-state index in [0.717, 1.165) is 27.7 Å². The first-order valence-corrected chi connectivity index (χ1v) is 7.73. The van der Waals surface area contributed by atoms with E-state index in [4.69, 9.17) is 11.6 Å². The summed E-state index contributed by atoms with van der Waals surface area (Å²) in [5.74, 6) is -0.0236. The molecule has 1 atom stereocenters. The van der Waals surface area contributed by atoms with Crippen molar-refractivity contribution in [3.63, 3.8) is 0 Å². The highest BCUT2D eigenvalue weighted by Gasteiger charge is 2.34. The maximum atomic E-state index is 12.7. The highest BCUT2D eigenvalue weighted by atomic mass is 35.5. The number of fused-ring (bicyclic) bond motifs is 2. The lowest BCUT2D eigenvalue weighted by molar-refractivity contribution is -0.133. The van der Waals surface area contributed by atoms with Crippen LogP contribution in [0.4, 0.5) is 0 Å². The first-order chi connectivity index (χ1) is 11.2. The van der Waals surface area contributed by atoms with Crippen LogP contribution in [0.3, 0.4) is 0 Å². The molecule has 1 aliphatic rings. The van der Waals surface area contributed by atoms with Crippen LogP contribution in [0.25, 0.3) is 10.9 Å². The SMILES string of the molecule is O=C(Cc1c[nH]c2cc(Cl)ccc12)N1Cc2[nH]ncc2C1CO. The molecule has 0 saturated heterocycles. The van der Waals surface area contributed by atoms with Gasteiger partial charge in [-0.2, -0.15) is 5.10 Å². The van der Waals surface area contributed by atoms with Crippen LogP contribution in [-0.4, -0.2) is 37.7 Å². The van der Waals surface area contributed by atoms with Gasteiger partial charge in [0.15, 0.2) is 0 Å². The molecule has 0 aliphatic carbocycles. The number of nitrogens with zero attached hydrogens (tertiary/aromatic N) is 2. The van der Waals surface area contributed by atoms with Crippen LogP contribution < -0.4 is 0 Å². The minimum atomic E-state index is -0.323. The third kappa shape index (κ3) is 2.31. The summed E-state index contributed by atoms with van der Waals surface area (Å²) in [7, 11) is 0. The van der Waals surface area contributed by atoms with Crippen molar-refractivity contribution in [1.82, 2.24) is 20.1 Å². The molecule has 0 radical (unpaired) electrons. The average Bonchev–Trinajstić information content (AvgIpc) is 3.20. The summed E-state index contributed by atoms with van der Waals surface area (Å²) in [4.78, 5) is 17.5. The summed E-state index contributed by atoms with van der Waals surface area (Å²) in [5.41, 5.74) is 3.62. The molecular formula is C16H15ClN4O2. The van der Waals surface area contributed by atoms with Gasteiger partial charge in [-0.25, -0.2) is 0 Å². The van der Waals surface area contributed by atoms with Gasteiger partial charge in [0.2, 0.25) is 5.91 Å². The Morgan fingerprint density at radius 2 is 2.35 bits per heavy atom. The summed E-state index contributed by atoms with van der Waals surface area (Å²) < 4.78 is 0. The minimum Gasteiger partial charge on any atom is -0.394 e. The molecule has 0 spiro atoms. The molecule has 1 aliphatic heterocycles. The zero-order valence-electron chi connectivity index (χ0n) is 12.2. The molecule has 1 amide bonds. The van der Waals surface area contributed by atoms with Crippen LogP contribution in [-0.2, 0) is 17.8 Å². The molecule has 0 saturated carbocycles. The van der Waals surface area contributed by atoms with E-state index >= 15 is 0 Å². The second-order valence-electron chi connectivity index (χ2n) is 5.70. The van der Waals surface area contributed by atoms with E-state index < -0.39 is 0 Å². The molecule has 7 heteroatoms. The predicted molar refractivity (Wildman–Crippen MR) is 86.0 cm³/mol. The van der Waals surface area contributed by atoms with Gasteiger partial charge in [0.05, 0.1) is 37.5 Å². The molecule has 1 aromatic carbocycles. The Labute approximate surface area is 137 Å². The normalized spacial score (nSPS) is 17.0. The number of carbonyl (C=O) groups is 1. The lowest BCUT2D eigenvalue weighted by Gasteiger charge is -2.23. The fourth-order valence-corrected chi connectivity index (χ4v) is 3.38. The Bertz CT molecular complexity index is 885. The molecule has 23 heavy (non-hydrogen) atoms. The van der Waals surface area contributed by atoms with Crippen molar-refractivity contribution < 1.29 is 9.90 Å². The van der Waals surface area contributed by atoms with Crippen molar-refractivity contribution >= 4 is 28.4 Å². The minimum absolute atomic E-state index is 0.0236. The molecule has 2 aromatic heterocycles. The van der Waals surface area contributed by atoms with Gasteiger partial charge in [-0.1, -0.05) is 17.7 Å². The lowest BCUT2D eigenvalue weighted by atomic mass is 10.1. The Balaban J connectivity index is 1.59. The fourth-order valence-electron chi connectivity index (χ4n) is 3.21. The summed E-state index contributed by atoms with van der Waals surface area (Å²) in [6.45, 7) is 0.343. The Kier molecular flexibility index (Phi) is 3.36. The molecule has 3 N–H and O–H groups in total. The monoisotopic (exact) mass is 330 g/mol. The molecule has 0 fully saturated rings. The van der Waals surface area contributed by atoms with Gasteiger partial charge in [0.25, 0.3) is 0 Å². The number of halogens is 1. The zero-order valence-corrected chi connectivity index (χ0v) is 13.0. The highest BCUT2D eigenvalue weighted by molar-refractivity contribution is 6.31. The molecule has 0 bridgehead atoms. The number of aromatic nitrogens is 3. The highest BCUT2D eigenvalue weighted by Crippen LogP contribution is 2.32. The molecule has 4 rings (SSSR count). The van der Waals surface area contributed by atoms with Gasteiger partial charge >= 0.3 is 0 Å². The van der Waals surface area contributed by atoms with Crippen molar-refractivity contribution in [2.45, 2.75) is 19.0 Å². The van der Waals surface area contributed by atoms with Crippen molar-refractivity contribution in [2.24, 2.45) is 0 Å². The quantitative estimate of drug-likeness (QED) is 0.688. The van der Waals surface area contributed by atoms with Crippen LogP contribution in [0.2, 0.25) is 5.02 Å². The molecule has 3 heterocycles. The van der Waals surface area contributed by atoms with E-state index in [1.807, 2.05) is 24.4 Å². The predicted octanol–water partition coefficient (Wildman–Crippen LogP) is 2.16. The molecule has 3 aromatic rings. The second kappa shape index (κ2) is 5.40. The number of hydrogen-bond donors (Lipinski definition) is 3. The maximum absolute atomic E-state index is 12.7. The van der Waals surface area contributed by atoms with E-state index in [1.165, 1.54) is 0 Å².